The van der Waals surface area contributed by atoms with Crippen LogP contribution in [0.15, 0.2) is 60.7 Å². The number of hydrogen-bond acceptors (Lipinski definition) is 7. The average Bonchev–Trinajstić information content (AvgIpc) is 3.16. The topological polar surface area (TPSA) is 88.5 Å². The summed E-state index contributed by atoms with van der Waals surface area (Å²) in [6, 6.07) is 11.7. The van der Waals surface area contributed by atoms with E-state index in [2.05, 4.69) is 11.5 Å². The largest absolute Gasteiger partial charge is 0.507 e. The van der Waals surface area contributed by atoms with Gasteiger partial charge in [-0.3, -0.25) is 14.5 Å². The molecule has 1 atom stereocenters. The molecule has 36 heavy (non-hydrogen) atoms. The molecular formula is C28H32N2O6. The van der Waals surface area contributed by atoms with Gasteiger partial charge in [0.25, 0.3) is 11.7 Å². The number of hydrogen-bond donors (Lipinski definition) is 1. The second kappa shape index (κ2) is 11.4. The maximum Gasteiger partial charge on any atom is 0.295 e. The molecule has 8 heteroatoms. The molecule has 2 heterocycles. The van der Waals surface area contributed by atoms with Gasteiger partial charge in [0.2, 0.25) is 0 Å². The molecule has 4 rings (SSSR count). The first-order valence-electron chi connectivity index (χ1n) is 12.0. The fourth-order valence-electron chi connectivity index (χ4n) is 4.52. The normalized spacial score (nSPS) is 19.9. The van der Waals surface area contributed by atoms with Crippen LogP contribution in [-0.2, 0) is 14.3 Å². The molecular weight excluding hydrogens is 460 g/mol. The van der Waals surface area contributed by atoms with Crippen LogP contribution in [0.1, 0.15) is 22.7 Å². The van der Waals surface area contributed by atoms with E-state index >= 15 is 0 Å². The summed E-state index contributed by atoms with van der Waals surface area (Å²) in [6.07, 6.45) is 1.63. The van der Waals surface area contributed by atoms with Crippen LogP contribution in [0.5, 0.6) is 11.5 Å². The van der Waals surface area contributed by atoms with Crippen molar-refractivity contribution in [2.45, 2.75) is 13.0 Å². The molecule has 1 N–H and O–H groups in total. The number of aryl methyl sites for hydroxylation is 1. The fourth-order valence-corrected chi connectivity index (χ4v) is 4.52. The molecule has 2 aliphatic rings. The number of aliphatic hydroxyl groups excluding tert-OH is 1. The number of nitrogens with zero attached hydrogens (tertiary/aromatic N) is 2. The summed E-state index contributed by atoms with van der Waals surface area (Å²) in [5.74, 6) is -0.551. The van der Waals surface area contributed by atoms with Crippen LogP contribution in [-0.4, -0.2) is 79.7 Å². The minimum Gasteiger partial charge on any atom is -0.507 e. The number of Topliss-reactive ketones (excluding diaryl/α,β-unsaturated/α-hetero) is 1. The zero-order chi connectivity index (χ0) is 25.7. The van der Waals surface area contributed by atoms with Crippen LogP contribution in [0.25, 0.3) is 5.76 Å². The van der Waals surface area contributed by atoms with Crippen LogP contribution in [0.4, 0.5) is 0 Å². The second-order valence-corrected chi connectivity index (χ2v) is 8.82. The lowest BCUT2D eigenvalue weighted by Crippen LogP contribution is -2.42. The molecule has 2 aliphatic heterocycles. The molecule has 8 nitrogen and oxygen atoms in total. The van der Waals surface area contributed by atoms with Gasteiger partial charge in [0.1, 0.15) is 12.4 Å². The van der Waals surface area contributed by atoms with Crippen LogP contribution in [0.3, 0.4) is 0 Å². The lowest BCUT2D eigenvalue weighted by molar-refractivity contribution is -0.140. The van der Waals surface area contributed by atoms with E-state index in [4.69, 9.17) is 14.2 Å². The third kappa shape index (κ3) is 5.29. The number of likely N-dealkylation sites (tertiary alicyclic amines) is 1. The van der Waals surface area contributed by atoms with Gasteiger partial charge in [-0.2, -0.15) is 0 Å². The van der Waals surface area contributed by atoms with E-state index in [0.29, 0.717) is 55.5 Å². The van der Waals surface area contributed by atoms with E-state index in [1.54, 1.807) is 36.4 Å². The number of benzene rings is 2. The van der Waals surface area contributed by atoms with E-state index in [1.807, 2.05) is 19.1 Å². The summed E-state index contributed by atoms with van der Waals surface area (Å²) in [4.78, 5) is 30.3. The zero-order valence-electron chi connectivity index (χ0n) is 20.7. The van der Waals surface area contributed by atoms with Gasteiger partial charge in [-0.15, -0.1) is 0 Å². The Kier molecular flexibility index (Phi) is 8.07. The molecule has 1 amide bonds. The summed E-state index contributed by atoms with van der Waals surface area (Å²) in [5, 5.41) is 11.2. The van der Waals surface area contributed by atoms with Crippen LogP contribution >= 0.6 is 0 Å². The van der Waals surface area contributed by atoms with E-state index in [9.17, 15) is 14.7 Å². The molecule has 190 valence electrons. The highest BCUT2D eigenvalue weighted by atomic mass is 16.5. The first-order chi connectivity index (χ1) is 17.4. The summed E-state index contributed by atoms with van der Waals surface area (Å²) >= 11 is 0. The number of amides is 1. The van der Waals surface area contributed by atoms with Crippen LogP contribution < -0.4 is 9.47 Å². The van der Waals surface area contributed by atoms with E-state index < -0.39 is 17.7 Å². The standard InChI is InChI=1S/C28H32N2O6/c1-4-15-36-22-10-9-21(18-23(22)34-3)25-24(26(31)20-7-5-19(2)6-8-20)27(32)28(33)30(25)12-11-29-13-16-35-17-14-29/h4-10,18,25,31H,1,11-17H2,2-3H3/b26-24+. The van der Waals surface area contributed by atoms with Crippen molar-refractivity contribution in [2.24, 2.45) is 0 Å². The number of carbonyl (C=O) groups is 2. The van der Waals surface area contributed by atoms with Gasteiger partial charge in [0.15, 0.2) is 11.5 Å². The highest BCUT2D eigenvalue weighted by Crippen LogP contribution is 2.42. The van der Waals surface area contributed by atoms with Crippen LogP contribution in [0, 0.1) is 6.92 Å². The third-order valence-electron chi connectivity index (χ3n) is 6.49. The van der Waals surface area contributed by atoms with Gasteiger partial charge in [0, 0.05) is 31.7 Å². The molecule has 0 aliphatic carbocycles. The van der Waals surface area contributed by atoms with Crippen molar-refractivity contribution in [3.63, 3.8) is 0 Å². The van der Waals surface area contributed by atoms with Gasteiger partial charge >= 0.3 is 0 Å². The fraction of sp³-hybridized carbons (Fsp3) is 0.357. The van der Waals surface area contributed by atoms with Crippen molar-refractivity contribution in [1.29, 1.82) is 0 Å². The summed E-state index contributed by atoms with van der Waals surface area (Å²) < 4.78 is 16.6. The Balaban J connectivity index is 1.76. The maximum absolute atomic E-state index is 13.3. The van der Waals surface area contributed by atoms with Gasteiger partial charge in [-0.1, -0.05) is 48.6 Å². The second-order valence-electron chi connectivity index (χ2n) is 8.82. The Bertz CT molecular complexity index is 1150. The molecule has 2 aromatic rings. The molecule has 0 saturated carbocycles. The van der Waals surface area contributed by atoms with E-state index in [-0.39, 0.29) is 11.3 Å². The lowest BCUT2D eigenvalue weighted by Gasteiger charge is -2.31. The first-order valence-corrected chi connectivity index (χ1v) is 12.0. The molecule has 2 aromatic carbocycles. The molecule has 0 aromatic heterocycles. The first kappa shape index (κ1) is 25.5. The third-order valence-corrected chi connectivity index (χ3v) is 6.49. The summed E-state index contributed by atoms with van der Waals surface area (Å²) in [5.41, 5.74) is 2.21. The van der Waals surface area contributed by atoms with Gasteiger partial charge in [0.05, 0.1) is 31.9 Å². The predicted molar refractivity (Wildman–Crippen MR) is 136 cm³/mol. The number of ketones is 1. The molecule has 1 unspecified atom stereocenters. The number of rotatable bonds is 9. The number of carbonyl (C=O) groups excluding carboxylic acids is 2. The number of ether oxygens (including phenoxy) is 3. The molecule has 2 saturated heterocycles. The average molecular weight is 493 g/mol. The van der Waals surface area contributed by atoms with Crippen molar-refractivity contribution >= 4 is 17.4 Å². The minimum absolute atomic E-state index is 0.0626. The summed E-state index contributed by atoms with van der Waals surface area (Å²) in [6.45, 7) is 9.64. The van der Waals surface area contributed by atoms with Crippen LogP contribution in [0.2, 0.25) is 0 Å². The Morgan fingerprint density at radius 3 is 2.50 bits per heavy atom. The van der Waals surface area contributed by atoms with Crippen molar-refractivity contribution in [2.75, 3.05) is 53.1 Å². The highest BCUT2D eigenvalue weighted by Gasteiger charge is 2.46. The molecule has 0 radical (unpaired) electrons. The van der Waals surface area contributed by atoms with Gasteiger partial charge in [-0.25, -0.2) is 0 Å². The number of morpholine rings is 1. The zero-order valence-corrected chi connectivity index (χ0v) is 20.7. The maximum atomic E-state index is 13.3. The lowest BCUT2D eigenvalue weighted by atomic mass is 9.94. The van der Waals surface area contributed by atoms with E-state index in [0.717, 1.165) is 18.7 Å². The van der Waals surface area contributed by atoms with Crippen molar-refractivity contribution in [3.8, 4) is 11.5 Å². The van der Waals surface area contributed by atoms with Gasteiger partial charge in [-0.05, 0) is 24.6 Å². The Morgan fingerprint density at radius 2 is 1.83 bits per heavy atom. The van der Waals surface area contributed by atoms with Gasteiger partial charge < -0.3 is 24.2 Å². The molecule has 2 fully saturated rings. The minimum atomic E-state index is -0.769. The van der Waals surface area contributed by atoms with Crippen molar-refractivity contribution in [3.05, 3.63) is 77.4 Å². The SMILES string of the molecule is C=CCOc1ccc(C2/C(=C(\O)c3ccc(C)cc3)C(=O)C(=O)N2CCN2CCOCC2)cc1OC. The quantitative estimate of drug-likeness (QED) is 0.249. The Labute approximate surface area is 211 Å². The highest BCUT2D eigenvalue weighted by molar-refractivity contribution is 6.46. The molecule has 0 spiro atoms. The monoisotopic (exact) mass is 492 g/mol. The smallest absolute Gasteiger partial charge is 0.295 e. The van der Waals surface area contributed by atoms with E-state index in [1.165, 1.54) is 12.0 Å². The van der Waals surface area contributed by atoms with Crippen molar-refractivity contribution < 1.29 is 28.9 Å². The number of aliphatic hydroxyl groups is 1. The molecule has 0 bridgehead atoms. The predicted octanol–water partition coefficient (Wildman–Crippen LogP) is 3.32. The summed E-state index contributed by atoms with van der Waals surface area (Å²) in [7, 11) is 1.53. The Hall–Kier alpha value is -3.62. The Morgan fingerprint density at radius 1 is 1.11 bits per heavy atom. The number of methoxy groups -OCH3 is 1. The van der Waals surface area contributed by atoms with Crippen molar-refractivity contribution in [1.82, 2.24) is 9.80 Å².